The van der Waals surface area contributed by atoms with Gasteiger partial charge in [0.15, 0.2) is 5.78 Å². The molecule has 0 aliphatic rings. The maximum Gasteiger partial charge on any atom is 0.159 e. The molecule has 4 heteroatoms. The molecule has 0 saturated heterocycles. The van der Waals surface area contributed by atoms with E-state index in [-0.39, 0.29) is 5.78 Å². The Morgan fingerprint density at radius 2 is 1.95 bits per heavy atom. The first-order chi connectivity index (χ1) is 10.7. The summed E-state index contributed by atoms with van der Waals surface area (Å²) in [6.07, 6.45) is 3.60. The van der Waals surface area contributed by atoms with E-state index in [4.69, 9.17) is 4.74 Å². The molecule has 3 aromatic rings. The third kappa shape index (κ3) is 2.51. The number of para-hydroxylation sites is 1. The van der Waals surface area contributed by atoms with Crippen LogP contribution in [-0.2, 0) is 0 Å². The largest absolute Gasteiger partial charge is 0.494 e. The highest BCUT2D eigenvalue weighted by Crippen LogP contribution is 2.34. The van der Waals surface area contributed by atoms with Gasteiger partial charge in [-0.15, -0.1) is 0 Å². The number of ketones is 1. The summed E-state index contributed by atoms with van der Waals surface area (Å²) in [5.41, 5.74) is 3.46. The SMILES string of the molecule is COc1cccc(-c2cccc(C(C)=O)c2)c1-n1cccn1. The number of benzene rings is 2. The molecule has 1 heterocycles. The number of carbonyl (C=O) groups is 1. The number of hydrogen-bond acceptors (Lipinski definition) is 3. The van der Waals surface area contributed by atoms with Gasteiger partial charge in [-0.1, -0.05) is 30.3 Å². The molecule has 0 aliphatic heterocycles. The minimum Gasteiger partial charge on any atom is -0.494 e. The highest BCUT2D eigenvalue weighted by Gasteiger charge is 2.14. The number of nitrogens with zero attached hydrogens (tertiary/aromatic N) is 2. The summed E-state index contributed by atoms with van der Waals surface area (Å²) >= 11 is 0. The monoisotopic (exact) mass is 292 g/mol. The van der Waals surface area contributed by atoms with E-state index in [2.05, 4.69) is 5.10 Å². The third-order valence-corrected chi connectivity index (χ3v) is 3.53. The minimum absolute atomic E-state index is 0.0467. The number of methoxy groups -OCH3 is 1. The van der Waals surface area contributed by atoms with Crippen LogP contribution < -0.4 is 4.74 Å². The zero-order chi connectivity index (χ0) is 15.5. The van der Waals surface area contributed by atoms with E-state index in [0.717, 1.165) is 22.6 Å². The Morgan fingerprint density at radius 3 is 2.64 bits per heavy atom. The topological polar surface area (TPSA) is 44.1 Å². The molecule has 0 bridgehead atoms. The minimum atomic E-state index is 0.0467. The molecule has 2 aromatic carbocycles. The van der Waals surface area contributed by atoms with Crippen LogP contribution in [0, 0.1) is 0 Å². The maximum atomic E-state index is 11.6. The molecule has 0 atom stereocenters. The second-order valence-electron chi connectivity index (χ2n) is 4.94. The van der Waals surface area contributed by atoms with E-state index in [0.29, 0.717) is 5.56 Å². The second kappa shape index (κ2) is 5.85. The molecular weight excluding hydrogens is 276 g/mol. The molecule has 0 amide bonds. The van der Waals surface area contributed by atoms with E-state index in [1.807, 2.05) is 54.7 Å². The lowest BCUT2D eigenvalue weighted by Gasteiger charge is -2.14. The van der Waals surface area contributed by atoms with E-state index in [9.17, 15) is 4.79 Å². The van der Waals surface area contributed by atoms with Gasteiger partial charge in [-0.2, -0.15) is 5.10 Å². The van der Waals surface area contributed by atoms with E-state index in [1.165, 1.54) is 0 Å². The van der Waals surface area contributed by atoms with Crippen molar-refractivity contribution in [2.24, 2.45) is 0 Å². The van der Waals surface area contributed by atoms with Crippen molar-refractivity contribution in [3.63, 3.8) is 0 Å². The van der Waals surface area contributed by atoms with Crippen molar-refractivity contribution in [2.45, 2.75) is 6.92 Å². The van der Waals surface area contributed by atoms with Gasteiger partial charge in [-0.25, -0.2) is 4.68 Å². The van der Waals surface area contributed by atoms with Crippen molar-refractivity contribution < 1.29 is 9.53 Å². The predicted octanol–water partition coefficient (Wildman–Crippen LogP) is 3.75. The summed E-state index contributed by atoms with van der Waals surface area (Å²) in [7, 11) is 1.64. The molecule has 22 heavy (non-hydrogen) atoms. The Morgan fingerprint density at radius 1 is 1.14 bits per heavy atom. The first-order valence-electron chi connectivity index (χ1n) is 6.99. The number of hydrogen-bond donors (Lipinski definition) is 0. The van der Waals surface area contributed by atoms with Gasteiger partial charge >= 0.3 is 0 Å². The van der Waals surface area contributed by atoms with Gasteiger partial charge in [0.2, 0.25) is 0 Å². The van der Waals surface area contributed by atoms with Crippen molar-refractivity contribution in [1.82, 2.24) is 9.78 Å². The van der Waals surface area contributed by atoms with Crippen LogP contribution in [-0.4, -0.2) is 22.7 Å². The summed E-state index contributed by atoms with van der Waals surface area (Å²) in [4.78, 5) is 11.6. The van der Waals surface area contributed by atoms with Crippen LogP contribution >= 0.6 is 0 Å². The molecule has 0 saturated carbocycles. The number of Topliss-reactive ketones (excluding diaryl/α,β-unsaturated/α-hetero) is 1. The fraction of sp³-hybridized carbons (Fsp3) is 0.111. The van der Waals surface area contributed by atoms with E-state index in [1.54, 1.807) is 24.9 Å². The summed E-state index contributed by atoms with van der Waals surface area (Å²) in [6, 6.07) is 15.3. The summed E-state index contributed by atoms with van der Waals surface area (Å²) in [5, 5.41) is 4.31. The van der Waals surface area contributed by atoms with Gasteiger partial charge in [0.1, 0.15) is 11.4 Å². The average Bonchev–Trinajstić information content (AvgIpc) is 3.08. The second-order valence-corrected chi connectivity index (χ2v) is 4.94. The Hall–Kier alpha value is -2.88. The van der Waals surface area contributed by atoms with Crippen molar-refractivity contribution >= 4 is 5.78 Å². The number of ether oxygens (including phenoxy) is 1. The average molecular weight is 292 g/mol. The molecule has 0 aliphatic carbocycles. The van der Waals surface area contributed by atoms with Crippen LogP contribution in [0.4, 0.5) is 0 Å². The van der Waals surface area contributed by atoms with Crippen LogP contribution in [0.5, 0.6) is 5.75 Å². The smallest absolute Gasteiger partial charge is 0.159 e. The van der Waals surface area contributed by atoms with E-state index >= 15 is 0 Å². The van der Waals surface area contributed by atoms with Gasteiger partial charge in [0, 0.05) is 23.5 Å². The number of rotatable bonds is 4. The van der Waals surface area contributed by atoms with Crippen molar-refractivity contribution in [2.75, 3.05) is 7.11 Å². The Balaban J connectivity index is 2.23. The first-order valence-corrected chi connectivity index (χ1v) is 6.99. The Bertz CT molecular complexity index is 808. The Kier molecular flexibility index (Phi) is 3.74. The zero-order valence-electron chi connectivity index (χ0n) is 12.5. The lowest BCUT2D eigenvalue weighted by atomic mass is 9.99. The molecular formula is C18H16N2O2. The number of carbonyl (C=O) groups excluding carboxylic acids is 1. The highest BCUT2D eigenvalue weighted by atomic mass is 16.5. The first kappa shape index (κ1) is 14.1. The summed E-state index contributed by atoms with van der Waals surface area (Å²) in [5.74, 6) is 0.778. The van der Waals surface area contributed by atoms with E-state index < -0.39 is 0 Å². The molecule has 0 spiro atoms. The third-order valence-electron chi connectivity index (χ3n) is 3.53. The normalized spacial score (nSPS) is 10.5. The van der Waals surface area contributed by atoms with Gasteiger partial charge in [0.05, 0.1) is 7.11 Å². The lowest BCUT2D eigenvalue weighted by Crippen LogP contribution is -2.01. The maximum absolute atomic E-state index is 11.6. The zero-order valence-corrected chi connectivity index (χ0v) is 12.5. The van der Waals surface area contributed by atoms with Gasteiger partial charge in [-0.05, 0) is 30.7 Å². The summed E-state index contributed by atoms with van der Waals surface area (Å²) < 4.78 is 7.25. The fourth-order valence-corrected chi connectivity index (χ4v) is 2.46. The molecule has 0 radical (unpaired) electrons. The van der Waals surface area contributed by atoms with Crippen molar-refractivity contribution in [3.8, 4) is 22.6 Å². The molecule has 110 valence electrons. The van der Waals surface area contributed by atoms with Crippen molar-refractivity contribution in [1.29, 1.82) is 0 Å². The standard InChI is InChI=1S/C18H16N2O2/c1-13(21)14-6-3-7-15(12-14)16-8-4-9-17(22-2)18(16)20-11-5-10-19-20/h3-12H,1-2H3. The van der Waals surface area contributed by atoms with Crippen LogP contribution in [0.15, 0.2) is 60.9 Å². The number of aromatic nitrogens is 2. The molecule has 1 aromatic heterocycles. The van der Waals surface area contributed by atoms with Crippen LogP contribution in [0.1, 0.15) is 17.3 Å². The lowest BCUT2D eigenvalue weighted by molar-refractivity contribution is 0.101. The molecule has 0 unspecified atom stereocenters. The predicted molar refractivity (Wildman–Crippen MR) is 85.6 cm³/mol. The van der Waals surface area contributed by atoms with Gasteiger partial charge < -0.3 is 4.74 Å². The van der Waals surface area contributed by atoms with Crippen LogP contribution in [0.25, 0.3) is 16.8 Å². The fourth-order valence-electron chi connectivity index (χ4n) is 2.46. The molecule has 0 fully saturated rings. The summed E-state index contributed by atoms with van der Waals surface area (Å²) in [6.45, 7) is 1.57. The van der Waals surface area contributed by atoms with Gasteiger partial charge in [-0.3, -0.25) is 4.79 Å². The quantitative estimate of drug-likeness (QED) is 0.688. The van der Waals surface area contributed by atoms with Crippen LogP contribution in [0.2, 0.25) is 0 Å². The molecule has 0 N–H and O–H groups in total. The molecule has 3 rings (SSSR count). The molecule has 4 nitrogen and oxygen atoms in total. The van der Waals surface area contributed by atoms with Gasteiger partial charge in [0.25, 0.3) is 0 Å². The van der Waals surface area contributed by atoms with Crippen molar-refractivity contribution in [3.05, 3.63) is 66.5 Å². The Labute approximate surface area is 129 Å². The highest BCUT2D eigenvalue weighted by molar-refractivity contribution is 5.95. The van der Waals surface area contributed by atoms with Crippen LogP contribution in [0.3, 0.4) is 0 Å².